The van der Waals surface area contributed by atoms with Crippen molar-refractivity contribution in [2.75, 3.05) is 19.0 Å². The van der Waals surface area contributed by atoms with Crippen LogP contribution in [-0.4, -0.2) is 34.1 Å². The quantitative estimate of drug-likeness (QED) is 0.817. The standard InChI is InChI=1S/C19H22N2O5S/c1-12-4-6-17(20-13(2)22)19(8-12)27(23,24)21-15-9-14-10-16(25-3)5-7-18(14)26-11-15/h4-8,10,15,21H,9,11H2,1-3H3,(H,20,22). The first-order valence-corrected chi connectivity index (χ1v) is 9.97. The molecule has 0 spiro atoms. The molecule has 3 rings (SSSR count). The molecule has 27 heavy (non-hydrogen) atoms. The molecule has 8 heteroatoms. The average molecular weight is 390 g/mol. The summed E-state index contributed by atoms with van der Waals surface area (Å²) in [5.41, 5.74) is 1.90. The van der Waals surface area contributed by atoms with Gasteiger partial charge in [0.2, 0.25) is 15.9 Å². The summed E-state index contributed by atoms with van der Waals surface area (Å²) in [6, 6.07) is 9.89. The van der Waals surface area contributed by atoms with Crippen molar-refractivity contribution < 1.29 is 22.7 Å². The molecule has 0 bridgehead atoms. The van der Waals surface area contributed by atoms with E-state index in [1.54, 1.807) is 32.2 Å². The van der Waals surface area contributed by atoms with Crippen molar-refractivity contribution in [3.63, 3.8) is 0 Å². The van der Waals surface area contributed by atoms with Crippen LogP contribution < -0.4 is 19.5 Å². The lowest BCUT2D eigenvalue weighted by atomic mass is 10.0. The number of aryl methyl sites for hydroxylation is 1. The van der Waals surface area contributed by atoms with E-state index in [-0.39, 0.29) is 23.1 Å². The van der Waals surface area contributed by atoms with Crippen LogP contribution in [0.15, 0.2) is 41.3 Å². The molecule has 144 valence electrons. The summed E-state index contributed by atoms with van der Waals surface area (Å²) in [5, 5.41) is 2.57. The zero-order valence-corrected chi connectivity index (χ0v) is 16.2. The van der Waals surface area contributed by atoms with E-state index in [1.165, 1.54) is 13.0 Å². The van der Waals surface area contributed by atoms with Crippen molar-refractivity contribution in [1.29, 1.82) is 0 Å². The van der Waals surface area contributed by atoms with Crippen molar-refractivity contribution in [3.05, 3.63) is 47.5 Å². The summed E-state index contributed by atoms with van der Waals surface area (Å²) in [7, 11) is -2.28. The number of anilines is 1. The first kappa shape index (κ1) is 19.2. The first-order valence-electron chi connectivity index (χ1n) is 8.49. The highest BCUT2D eigenvalue weighted by Gasteiger charge is 2.27. The van der Waals surface area contributed by atoms with Crippen LogP contribution in [0.3, 0.4) is 0 Å². The lowest BCUT2D eigenvalue weighted by molar-refractivity contribution is -0.114. The second-order valence-corrected chi connectivity index (χ2v) is 8.17. The minimum atomic E-state index is -3.85. The molecular formula is C19H22N2O5S. The summed E-state index contributed by atoms with van der Waals surface area (Å²) in [6.07, 6.45) is 0.479. The molecule has 0 radical (unpaired) electrons. The molecule has 0 aromatic heterocycles. The molecule has 1 unspecified atom stereocenters. The van der Waals surface area contributed by atoms with E-state index < -0.39 is 16.1 Å². The summed E-state index contributed by atoms with van der Waals surface area (Å²) in [6.45, 7) is 3.35. The van der Waals surface area contributed by atoms with E-state index in [0.29, 0.717) is 12.2 Å². The Balaban J connectivity index is 1.85. The Morgan fingerprint density at radius 2 is 2.00 bits per heavy atom. The van der Waals surface area contributed by atoms with Crippen LogP contribution in [0.1, 0.15) is 18.1 Å². The zero-order chi connectivity index (χ0) is 19.6. The lowest BCUT2D eigenvalue weighted by Crippen LogP contribution is -2.42. The minimum Gasteiger partial charge on any atom is -0.497 e. The monoisotopic (exact) mass is 390 g/mol. The van der Waals surface area contributed by atoms with Crippen molar-refractivity contribution in [3.8, 4) is 11.5 Å². The topological polar surface area (TPSA) is 93.7 Å². The number of ether oxygens (including phenoxy) is 2. The van der Waals surface area contributed by atoms with E-state index >= 15 is 0 Å². The first-order chi connectivity index (χ1) is 12.8. The van der Waals surface area contributed by atoms with Gasteiger partial charge in [0.25, 0.3) is 0 Å². The van der Waals surface area contributed by atoms with Crippen LogP contribution >= 0.6 is 0 Å². The largest absolute Gasteiger partial charge is 0.497 e. The van der Waals surface area contributed by atoms with Crippen LogP contribution in [-0.2, 0) is 21.2 Å². The highest BCUT2D eigenvalue weighted by molar-refractivity contribution is 7.89. The summed E-state index contributed by atoms with van der Waals surface area (Å²) in [4.78, 5) is 11.4. The van der Waals surface area contributed by atoms with E-state index in [4.69, 9.17) is 9.47 Å². The van der Waals surface area contributed by atoms with Gasteiger partial charge in [0.05, 0.1) is 18.8 Å². The highest BCUT2D eigenvalue weighted by atomic mass is 32.2. The van der Waals surface area contributed by atoms with Gasteiger partial charge in [-0.05, 0) is 54.8 Å². The number of carbonyl (C=O) groups is 1. The number of carbonyl (C=O) groups excluding carboxylic acids is 1. The van der Waals surface area contributed by atoms with Gasteiger partial charge in [-0.1, -0.05) is 6.07 Å². The molecule has 2 aromatic carbocycles. The van der Waals surface area contributed by atoms with Gasteiger partial charge in [-0.3, -0.25) is 4.79 Å². The van der Waals surface area contributed by atoms with Crippen LogP contribution in [0.5, 0.6) is 11.5 Å². The summed E-state index contributed by atoms with van der Waals surface area (Å²) >= 11 is 0. The Morgan fingerprint density at radius 1 is 1.22 bits per heavy atom. The molecule has 0 saturated heterocycles. The predicted molar refractivity (Wildman–Crippen MR) is 102 cm³/mol. The normalized spacial score (nSPS) is 16.2. The third kappa shape index (κ3) is 4.40. The number of fused-ring (bicyclic) bond motifs is 1. The van der Waals surface area contributed by atoms with Gasteiger partial charge in [-0.15, -0.1) is 0 Å². The smallest absolute Gasteiger partial charge is 0.243 e. The Kier molecular flexibility index (Phi) is 5.38. The molecule has 1 amide bonds. The molecule has 0 aliphatic carbocycles. The van der Waals surface area contributed by atoms with Gasteiger partial charge in [0.1, 0.15) is 23.0 Å². The average Bonchev–Trinajstić information content (AvgIpc) is 2.61. The molecule has 1 atom stereocenters. The molecule has 2 N–H and O–H groups in total. The van der Waals surface area contributed by atoms with Crippen LogP contribution in [0, 0.1) is 6.92 Å². The van der Waals surface area contributed by atoms with Crippen molar-refractivity contribution >= 4 is 21.6 Å². The number of benzene rings is 2. The highest BCUT2D eigenvalue weighted by Crippen LogP contribution is 2.30. The predicted octanol–water partition coefficient (Wildman–Crippen LogP) is 2.24. The fourth-order valence-electron chi connectivity index (χ4n) is 3.00. The maximum Gasteiger partial charge on any atom is 0.243 e. The van der Waals surface area contributed by atoms with Gasteiger partial charge in [0.15, 0.2) is 0 Å². The Hall–Kier alpha value is -2.58. The number of methoxy groups -OCH3 is 1. The molecule has 1 aliphatic rings. The second-order valence-electron chi connectivity index (χ2n) is 6.49. The van der Waals surface area contributed by atoms with E-state index in [1.807, 2.05) is 12.1 Å². The van der Waals surface area contributed by atoms with E-state index in [9.17, 15) is 13.2 Å². The fourth-order valence-corrected chi connectivity index (χ4v) is 4.47. The van der Waals surface area contributed by atoms with E-state index in [2.05, 4.69) is 10.0 Å². The number of hydrogen-bond acceptors (Lipinski definition) is 5. The molecule has 0 saturated carbocycles. The Labute approximate surface area is 158 Å². The number of rotatable bonds is 5. The minimum absolute atomic E-state index is 0.0362. The van der Waals surface area contributed by atoms with Gasteiger partial charge in [-0.25, -0.2) is 13.1 Å². The van der Waals surface area contributed by atoms with Crippen molar-refractivity contribution in [2.45, 2.75) is 31.2 Å². The molecule has 2 aromatic rings. The number of amides is 1. The number of hydrogen-bond donors (Lipinski definition) is 2. The maximum atomic E-state index is 12.9. The Morgan fingerprint density at radius 3 is 2.70 bits per heavy atom. The summed E-state index contributed by atoms with van der Waals surface area (Å²) < 4.78 is 39.5. The second kappa shape index (κ2) is 7.58. The SMILES string of the molecule is COc1ccc2c(c1)CC(NS(=O)(=O)c1cc(C)ccc1NC(C)=O)CO2. The van der Waals surface area contributed by atoms with Crippen LogP contribution in [0.4, 0.5) is 5.69 Å². The molecule has 0 fully saturated rings. The third-order valence-electron chi connectivity index (χ3n) is 4.23. The molecule has 1 aliphatic heterocycles. The van der Waals surface area contributed by atoms with Gasteiger partial charge >= 0.3 is 0 Å². The van der Waals surface area contributed by atoms with Crippen LogP contribution in [0.2, 0.25) is 0 Å². The van der Waals surface area contributed by atoms with Crippen LogP contribution in [0.25, 0.3) is 0 Å². The van der Waals surface area contributed by atoms with Crippen molar-refractivity contribution in [1.82, 2.24) is 4.72 Å². The lowest BCUT2D eigenvalue weighted by Gasteiger charge is -2.26. The van der Waals surface area contributed by atoms with Gasteiger partial charge in [0, 0.05) is 6.92 Å². The third-order valence-corrected chi connectivity index (χ3v) is 5.79. The molecule has 1 heterocycles. The maximum absolute atomic E-state index is 12.9. The number of nitrogens with one attached hydrogen (secondary N) is 2. The fraction of sp³-hybridized carbons (Fsp3) is 0.316. The number of sulfonamides is 1. The van der Waals surface area contributed by atoms with E-state index in [0.717, 1.165) is 16.9 Å². The molecular weight excluding hydrogens is 368 g/mol. The van der Waals surface area contributed by atoms with Gasteiger partial charge in [-0.2, -0.15) is 0 Å². The van der Waals surface area contributed by atoms with Gasteiger partial charge < -0.3 is 14.8 Å². The Bertz CT molecular complexity index is 972. The zero-order valence-electron chi connectivity index (χ0n) is 15.4. The molecule has 7 nitrogen and oxygen atoms in total. The summed E-state index contributed by atoms with van der Waals surface area (Å²) in [5.74, 6) is 1.07. The van der Waals surface area contributed by atoms with Crippen molar-refractivity contribution in [2.24, 2.45) is 0 Å².